The lowest BCUT2D eigenvalue weighted by atomic mass is 10.0. The van der Waals surface area contributed by atoms with Crippen LogP contribution in [0.2, 0.25) is 0 Å². The summed E-state index contributed by atoms with van der Waals surface area (Å²) in [6.45, 7) is 3.44. The monoisotopic (exact) mass is 375 g/mol. The predicted molar refractivity (Wildman–Crippen MR) is 99.4 cm³/mol. The molecule has 2 rings (SSSR count). The maximum Gasteiger partial charge on any atom is 0.310 e. The Labute approximate surface area is 152 Å². The molecule has 0 aliphatic heterocycles. The Bertz CT molecular complexity index is 950. The van der Waals surface area contributed by atoms with Crippen molar-refractivity contribution >= 4 is 27.4 Å². The van der Waals surface area contributed by atoms with Crippen molar-refractivity contribution in [3.63, 3.8) is 0 Å². The highest BCUT2D eigenvalue weighted by atomic mass is 32.2. The van der Waals surface area contributed by atoms with Gasteiger partial charge in [0.15, 0.2) is 9.84 Å². The van der Waals surface area contributed by atoms with Crippen LogP contribution in [-0.4, -0.2) is 31.7 Å². The number of aliphatic carboxylic acids is 1. The summed E-state index contributed by atoms with van der Waals surface area (Å²) in [5.41, 5.74) is 2.03. The van der Waals surface area contributed by atoms with Gasteiger partial charge in [-0.15, -0.1) is 0 Å². The maximum absolute atomic E-state index is 12.7. The van der Waals surface area contributed by atoms with E-state index in [0.29, 0.717) is 17.7 Å². The predicted octanol–water partition coefficient (Wildman–Crippen LogP) is 3.09. The summed E-state index contributed by atoms with van der Waals surface area (Å²) < 4.78 is 23.5. The molecule has 0 spiro atoms. The van der Waals surface area contributed by atoms with Crippen LogP contribution < -0.4 is 5.32 Å². The normalized spacial score (nSPS) is 12.4. The van der Waals surface area contributed by atoms with Crippen LogP contribution >= 0.6 is 0 Å². The van der Waals surface area contributed by atoms with Gasteiger partial charge in [-0.05, 0) is 48.7 Å². The zero-order valence-corrected chi connectivity index (χ0v) is 15.6. The van der Waals surface area contributed by atoms with Crippen molar-refractivity contribution in [2.75, 3.05) is 11.6 Å². The van der Waals surface area contributed by atoms with Crippen molar-refractivity contribution in [1.29, 1.82) is 0 Å². The van der Waals surface area contributed by atoms with Crippen molar-refractivity contribution in [3.05, 3.63) is 59.2 Å². The van der Waals surface area contributed by atoms with Crippen molar-refractivity contribution in [2.24, 2.45) is 0 Å². The van der Waals surface area contributed by atoms with Crippen molar-refractivity contribution < 1.29 is 23.1 Å². The van der Waals surface area contributed by atoms with Gasteiger partial charge in [-0.25, -0.2) is 8.42 Å². The summed E-state index contributed by atoms with van der Waals surface area (Å²) in [6.07, 6.45) is 1.66. The van der Waals surface area contributed by atoms with E-state index in [0.717, 1.165) is 11.8 Å². The topological polar surface area (TPSA) is 101 Å². The Balaban J connectivity index is 2.36. The number of aryl methyl sites for hydroxylation is 1. The summed E-state index contributed by atoms with van der Waals surface area (Å²) >= 11 is 0. The second-order valence-electron chi connectivity index (χ2n) is 6.08. The number of benzene rings is 2. The minimum atomic E-state index is -3.43. The van der Waals surface area contributed by atoms with E-state index in [1.807, 2.05) is 6.92 Å². The minimum Gasteiger partial charge on any atom is -0.481 e. The summed E-state index contributed by atoms with van der Waals surface area (Å²) in [7, 11) is -3.43. The first-order chi connectivity index (χ1) is 12.1. The molecule has 0 heterocycles. The van der Waals surface area contributed by atoms with Gasteiger partial charge >= 0.3 is 5.97 Å². The van der Waals surface area contributed by atoms with Crippen LogP contribution in [-0.2, 0) is 21.1 Å². The summed E-state index contributed by atoms with van der Waals surface area (Å²) in [5, 5.41) is 11.8. The molecule has 0 fully saturated rings. The van der Waals surface area contributed by atoms with Crippen molar-refractivity contribution in [1.82, 2.24) is 0 Å². The molecule has 2 N–H and O–H groups in total. The summed E-state index contributed by atoms with van der Waals surface area (Å²) in [5.74, 6) is -2.10. The zero-order chi connectivity index (χ0) is 19.5. The lowest BCUT2D eigenvalue weighted by Gasteiger charge is -2.12. The van der Waals surface area contributed by atoms with Crippen LogP contribution in [0.1, 0.15) is 41.3 Å². The molecule has 0 bridgehead atoms. The average molecular weight is 375 g/mol. The number of amides is 1. The third kappa shape index (κ3) is 4.49. The fraction of sp³-hybridized carbons (Fsp3) is 0.263. The molecule has 0 aliphatic rings. The fourth-order valence-electron chi connectivity index (χ4n) is 2.53. The lowest BCUT2D eigenvalue weighted by Crippen LogP contribution is -2.16. The maximum atomic E-state index is 12.7. The highest BCUT2D eigenvalue weighted by Crippen LogP contribution is 2.22. The molecule has 1 unspecified atom stereocenters. The van der Waals surface area contributed by atoms with E-state index in [2.05, 4.69) is 5.32 Å². The molecule has 0 aliphatic carbocycles. The minimum absolute atomic E-state index is 0.0769. The van der Waals surface area contributed by atoms with Crippen LogP contribution in [0.25, 0.3) is 0 Å². The lowest BCUT2D eigenvalue weighted by molar-refractivity contribution is -0.138. The van der Waals surface area contributed by atoms with Gasteiger partial charge in [-0.1, -0.05) is 25.1 Å². The Morgan fingerprint density at radius 1 is 1.15 bits per heavy atom. The molecule has 2 aromatic carbocycles. The van der Waals surface area contributed by atoms with E-state index in [1.165, 1.54) is 12.1 Å². The van der Waals surface area contributed by atoms with Crippen LogP contribution in [0.3, 0.4) is 0 Å². The Morgan fingerprint density at radius 3 is 2.42 bits per heavy atom. The molecule has 0 saturated heterocycles. The Morgan fingerprint density at radius 2 is 1.85 bits per heavy atom. The molecule has 138 valence electrons. The summed E-state index contributed by atoms with van der Waals surface area (Å²) in [6, 6.07) is 11.1. The standard InChI is InChI=1S/C19H21NO5S/c1-4-13-8-9-16(26(3,24)25)11-17(13)18(21)20-15-7-5-6-14(10-15)12(2)19(22)23/h5-12H,4H2,1-3H3,(H,20,21)(H,22,23). The molecule has 26 heavy (non-hydrogen) atoms. The molecule has 6 nitrogen and oxygen atoms in total. The number of carbonyl (C=O) groups excluding carboxylic acids is 1. The van der Waals surface area contributed by atoms with Crippen molar-refractivity contribution in [3.8, 4) is 0 Å². The van der Waals surface area contributed by atoms with E-state index >= 15 is 0 Å². The smallest absolute Gasteiger partial charge is 0.310 e. The number of carboxylic acids is 1. The fourth-order valence-corrected chi connectivity index (χ4v) is 3.18. The second-order valence-corrected chi connectivity index (χ2v) is 8.10. The first-order valence-electron chi connectivity index (χ1n) is 8.10. The van der Waals surface area contributed by atoms with Crippen molar-refractivity contribution in [2.45, 2.75) is 31.1 Å². The SMILES string of the molecule is CCc1ccc(S(C)(=O)=O)cc1C(=O)Nc1cccc(C(C)C(=O)O)c1. The van der Waals surface area contributed by atoms with Gasteiger partial charge in [0.2, 0.25) is 0 Å². The van der Waals surface area contributed by atoms with E-state index in [4.69, 9.17) is 5.11 Å². The van der Waals surface area contributed by atoms with Crippen LogP contribution in [0.15, 0.2) is 47.4 Å². The number of anilines is 1. The number of hydrogen-bond donors (Lipinski definition) is 2. The molecule has 7 heteroatoms. The van der Waals surface area contributed by atoms with Gasteiger partial charge in [-0.3, -0.25) is 9.59 Å². The largest absolute Gasteiger partial charge is 0.481 e. The molecule has 0 saturated carbocycles. The first-order valence-corrected chi connectivity index (χ1v) is 9.99. The Hall–Kier alpha value is -2.67. The number of rotatable bonds is 6. The molecule has 0 radical (unpaired) electrons. The van der Waals surface area contributed by atoms with Crippen LogP contribution in [0.5, 0.6) is 0 Å². The van der Waals surface area contributed by atoms with Crippen LogP contribution in [0, 0.1) is 0 Å². The van der Waals surface area contributed by atoms with Crippen LogP contribution in [0.4, 0.5) is 5.69 Å². The van der Waals surface area contributed by atoms with E-state index in [-0.39, 0.29) is 10.5 Å². The zero-order valence-electron chi connectivity index (χ0n) is 14.8. The highest BCUT2D eigenvalue weighted by Gasteiger charge is 2.17. The van der Waals surface area contributed by atoms with Gasteiger partial charge in [0.05, 0.1) is 10.8 Å². The number of nitrogens with one attached hydrogen (secondary N) is 1. The van der Waals surface area contributed by atoms with E-state index < -0.39 is 27.6 Å². The van der Waals surface area contributed by atoms with Gasteiger partial charge in [-0.2, -0.15) is 0 Å². The second kappa shape index (κ2) is 7.70. The van der Waals surface area contributed by atoms with Gasteiger partial charge in [0.1, 0.15) is 0 Å². The molecular weight excluding hydrogens is 354 g/mol. The molecule has 1 amide bonds. The third-order valence-electron chi connectivity index (χ3n) is 4.15. The highest BCUT2D eigenvalue weighted by molar-refractivity contribution is 7.90. The Kier molecular flexibility index (Phi) is 5.82. The van der Waals surface area contributed by atoms with E-state index in [9.17, 15) is 18.0 Å². The van der Waals surface area contributed by atoms with Gasteiger partial charge in [0, 0.05) is 17.5 Å². The average Bonchev–Trinajstić information content (AvgIpc) is 2.59. The quantitative estimate of drug-likeness (QED) is 0.808. The number of sulfone groups is 1. The molecule has 0 aromatic heterocycles. The number of carboxylic acid groups (broad SMARTS) is 1. The molecular formula is C19H21NO5S. The molecule has 2 aromatic rings. The first kappa shape index (κ1) is 19.7. The van der Waals surface area contributed by atoms with E-state index in [1.54, 1.807) is 37.3 Å². The number of hydrogen-bond acceptors (Lipinski definition) is 4. The summed E-state index contributed by atoms with van der Waals surface area (Å²) in [4.78, 5) is 23.9. The van der Waals surface area contributed by atoms with Gasteiger partial charge < -0.3 is 10.4 Å². The van der Waals surface area contributed by atoms with Gasteiger partial charge in [0.25, 0.3) is 5.91 Å². The third-order valence-corrected chi connectivity index (χ3v) is 5.26. The number of carbonyl (C=O) groups is 2. The molecule has 1 atom stereocenters.